The lowest BCUT2D eigenvalue weighted by Gasteiger charge is -2.38. The molecule has 3 atom stereocenters. The minimum atomic E-state index is 0.120. The summed E-state index contributed by atoms with van der Waals surface area (Å²) in [7, 11) is 0. The SMILES string of the molecule is O=C(c1ccc2c(c1)[C@@H]1C=CC[C@@H]1[C@H](c1ccc(Cl)cc1Cl)N2)N1CCCCCC1. The molecule has 0 bridgehead atoms. The lowest BCUT2D eigenvalue weighted by molar-refractivity contribution is 0.0761. The molecule has 30 heavy (non-hydrogen) atoms. The molecule has 1 aliphatic carbocycles. The largest absolute Gasteiger partial charge is 0.378 e. The van der Waals surface area contributed by atoms with Gasteiger partial charge in [-0.15, -0.1) is 0 Å². The first kappa shape index (κ1) is 20.0. The van der Waals surface area contributed by atoms with E-state index in [4.69, 9.17) is 23.2 Å². The highest BCUT2D eigenvalue weighted by atomic mass is 35.5. The summed E-state index contributed by atoms with van der Waals surface area (Å²) >= 11 is 12.7. The molecule has 5 rings (SSSR count). The number of likely N-dealkylation sites (tertiary alicyclic amines) is 1. The topological polar surface area (TPSA) is 32.3 Å². The van der Waals surface area contributed by atoms with Crippen LogP contribution in [0.25, 0.3) is 0 Å². The first-order valence-corrected chi connectivity index (χ1v) is 11.7. The van der Waals surface area contributed by atoms with Crippen LogP contribution in [0, 0.1) is 5.92 Å². The average molecular weight is 441 g/mol. The van der Waals surface area contributed by atoms with E-state index in [1.54, 1.807) is 0 Å². The van der Waals surface area contributed by atoms with Crippen LogP contribution in [0.1, 0.15) is 65.5 Å². The number of anilines is 1. The Morgan fingerprint density at radius 3 is 2.53 bits per heavy atom. The predicted molar refractivity (Wildman–Crippen MR) is 124 cm³/mol. The van der Waals surface area contributed by atoms with Gasteiger partial charge in [-0.25, -0.2) is 0 Å². The van der Waals surface area contributed by atoms with E-state index in [-0.39, 0.29) is 17.9 Å². The number of carbonyl (C=O) groups excluding carboxylic acids is 1. The molecule has 0 aromatic heterocycles. The molecule has 156 valence electrons. The van der Waals surface area contributed by atoms with E-state index in [0.717, 1.165) is 49.2 Å². The lowest BCUT2D eigenvalue weighted by atomic mass is 9.76. The molecule has 1 saturated heterocycles. The first-order valence-electron chi connectivity index (χ1n) is 10.9. The van der Waals surface area contributed by atoms with E-state index in [1.807, 2.05) is 29.2 Å². The quantitative estimate of drug-likeness (QED) is 0.518. The molecular weight excluding hydrogens is 415 g/mol. The van der Waals surface area contributed by atoms with Crippen LogP contribution < -0.4 is 5.32 Å². The number of amides is 1. The van der Waals surface area contributed by atoms with Crippen LogP contribution in [0.4, 0.5) is 5.69 Å². The fourth-order valence-electron chi connectivity index (χ4n) is 5.25. The van der Waals surface area contributed by atoms with E-state index < -0.39 is 0 Å². The molecule has 0 saturated carbocycles. The summed E-state index contributed by atoms with van der Waals surface area (Å²) in [4.78, 5) is 15.2. The molecule has 1 N–H and O–H groups in total. The van der Waals surface area contributed by atoms with Crippen molar-refractivity contribution in [2.75, 3.05) is 18.4 Å². The molecule has 0 radical (unpaired) electrons. The summed E-state index contributed by atoms with van der Waals surface area (Å²) in [6.45, 7) is 1.74. The zero-order valence-corrected chi connectivity index (χ0v) is 18.4. The highest BCUT2D eigenvalue weighted by Crippen LogP contribution is 2.51. The Kier molecular flexibility index (Phi) is 5.51. The monoisotopic (exact) mass is 440 g/mol. The number of nitrogens with one attached hydrogen (secondary N) is 1. The molecule has 0 unspecified atom stereocenters. The van der Waals surface area contributed by atoms with Gasteiger partial charge in [-0.2, -0.15) is 0 Å². The average Bonchev–Trinajstić information content (AvgIpc) is 3.08. The van der Waals surface area contributed by atoms with Gasteiger partial charge < -0.3 is 10.2 Å². The molecule has 2 aromatic carbocycles. The second kappa shape index (κ2) is 8.28. The van der Waals surface area contributed by atoms with Gasteiger partial charge in [0.1, 0.15) is 0 Å². The Balaban J connectivity index is 1.47. The van der Waals surface area contributed by atoms with E-state index in [9.17, 15) is 4.79 Å². The molecule has 1 fully saturated rings. The van der Waals surface area contributed by atoms with E-state index in [0.29, 0.717) is 16.0 Å². The number of benzene rings is 2. The van der Waals surface area contributed by atoms with Gasteiger partial charge >= 0.3 is 0 Å². The van der Waals surface area contributed by atoms with Crippen molar-refractivity contribution in [3.05, 3.63) is 75.3 Å². The Labute approximate surface area is 188 Å². The Hall–Kier alpha value is -1.97. The summed E-state index contributed by atoms with van der Waals surface area (Å²) in [6.07, 6.45) is 10.2. The second-order valence-corrected chi connectivity index (χ2v) is 9.49. The third-order valence-electron chi connectivity index (χ3n) is 6.80. The van der Waals surface area contributed by atoms with Gasteiger partial charge in [0.15, 0.2) is 0 Å². The van der Waals surface area contributed by atoms with Crippen molar-refractivity contribution in [1.29, 1.82) is 0 Å². The summed E-state index contributed by atoms with van der Waals surface area (Å²) in [5.41, 5.74) is 4.19. The number of halogens is 2. The highest BCUT2D eigenvalue weighted by molar-refractivity contribution is 6.35. The normalized spacial score (nSPS) is 25.3. The number of hydrogen-bond acceptors (Lipinski definition) is 2. The zero-order chi connectivity index (χ0) is 20.7. The van der Waals surface area contributed by atoms with Crippen LogP contribution in [0.2, 0.25) is 10.0 Å². The molecule has 2 heterocycles. The first-order chi connectivity index (χ1) is 14.6. The third-order valence-corrected chi connectivity index (χ3v) is 7.36. The molecular formula is C25H26Cl2N2O. The highest BCUT2D eigenvalue weighted by Gasteiger charge is 2.39. The minimum absolute atomic E-state index is 0.120. The summed E-state index contributed by atoms with van der Waals surface area (Å²) < 4.78 is 0. The van der Waals surface area contributed by atoms with Crippen molar-refractivity contribution in [2.45, 2.75) is 44.1 Å². The van der Waals surface area contributed by atoms with Crippen molar-refractivity contribution >= 4 is 34.8 Å². The van der Waals surface area contributed by atoms with Crippen molar-refractivity contribution in [3.8, 4) is 0 Å². The minimum Gasteiger partial charge on any atom is -0.378 e. The van der Waals surface area contributed by atoms with Gasteiger partial charge in [0, 0.05) is 40.3 Å². The Morgan fingerprint density at radius 1 is 0.967 bits per heavy atom. The maximum atomic E-state index is 13.2. The van der Waals surface area contributed by atoms with Crippen LogP contribution in [0.5, 0.6) is 0 Å². The van der Waals surface area contributed by atoms with Crippen molar-refractivity contribution < 1.29 is 4.79 Å². The molecule has 5 heteroatoms. The maximum Gasteiger partial charge on any atom is 0.253 e. The van der Waals surface area contributed by atoms with E-state index >= 15 is 0 Å². The van der Waals surface area contributed by atoms with Crippen molar-refractivity contribution in [3.63, 3.8) is 0 Å². The lowest BCUT2D eigenvalue weighted by Crippen LogP contribution is -2.33. The summed E-state index contributed by atoms with van der Waals surface area (Å²) in [5, 5.41) is 5.06. The molecule has 2 aliphatic heterocycles. The third kappa shape index (κ3) is 3.63. The molecule has 0 spiro atoms. The number of fused-ring (bicyclic) bond motifs is 3. The van der Waals surface area contributed by atoms with Crippen molar-refractivity contribution in [2.24, 2.45) is 5.92 Å². The Morgan fingerprint density at radius 2 is 1.77 bits per heavy atom. The smallest absolute Gasteiger partial charge is 0.253 e. The van der Waals surface area contributed by atoms with Gasteiger partial charge in [-0.1, -0.05) is 54.3 Å². The van der Waals surface area contributed by atoms with Crippen LogP contribution >= 0.6 is 23.2 Å². The number of allylic oxidation sites excluding steroid dienone is 2. The number of hydrogen-bond donors (Lipinski definition) is 1. The van der Waals surface area contributed by atoms with E-state index in [2.05, 4.69) is 29.6 Å². The molecule has 3 nitrogen and oxygen atoms in total. The second-order valence-electron chi connectivity index (χ2n) is 8.65. The van der Waals surface area contributed by atoms with Crippen LogP contribution in [-0.2, 0) is 0 Å². The number of rotatable bonds is 2. The van der Waals surface area contributed by atoms with Crippen LogP contribution in [-0.4, -0.2) is 23.9 Å². The van der Waals surface area contributed by atoms with Gasteiger partial charge in [0.25, 0.3) is 5.91 Å². The summed E-state index contributed by atoms with van der Waals surface area (Å²) in [5.74, 6) is 0.829. The fraction of sp³-hybridized carbons (Fsp3) is 0.400. The standard InChI is InChI=1S/C25H26Cl2N2O/c26-17-9-10-20(22(27)15-17)24-19-7-5-6-18(19)21-14-16(8-11-23(21)28-24)25(30)29-12-3-1-2-4-13-29/h5-6,8-11,14-15,18-19,24,28H,1-4,7,12-13H2/t18-,19+,24-/m1/s1. The molecule has 3 aliphatic rings. The molecule has 1 amide bonds. The number of nitrogens with zero attached hydrogens (tertiary/aromatic N) is 1. The van der Waals surface area contributed by atoms with Gasteiger partial charge in [0.2, 0.25) is 0 Å². The van der Waals surface area contributed by atoms with Gasteiger partial charge in [0.05, 0.1) is 6.04 Å². The maximum absolute atomic E-state index is 13.2. The van der Waals surface area contributed by atoms with Crippen LogP contribution in [0.3, 0.4) is 0 Å². The van der Waals surface area contributed by atoms with E-state index in [1.165, 1.54) is 18.4 Å². The zero-order valence-electron chi connectivity index (χ0n) is 16.9. The van der Waals surface area contributed by atoms with Crippen molar-refractivity contribution in [1.82, 2.24) is 4.90 Å². The summed E-state index contributed by atoms with van der Waals surface area (Å²) in [6, 6.07) is 12.0. The van der Waals surface area contributed by atoms with Crippen LogP contribution in [0.15, 0.2) is 48.6 Å². The van der Waals surface area contributed by atoms with Gasteiger partial charge in [-0.3, -0.25) is 4.79 Å². The molecule has 2 aromatic rings. The number of carbonyl (C=O) groups is 1. The Bertz CT molecular complexity index is 995. The fourth-order valence-corrected chi connectivity index (χ4v) is 5.77. The predicted octanol–water partition coefficient (Wildman–Crippen LogP) is 6.84. The van der Waals surface area contributed by atoms with Gasteiger partial charge in [-0.05, 0) is 66.6 Å².